The first-order valence-corrected chi connectivity index (χ1v) is 9.59. The van der Waals surface area contributed by atoms with E-state index in [1.165, 1.54) is 12.0 Å². The fourth-order valence-electron chi connectivity index (χ4n) is 3.87. The van der Waals surface area contributed by atoms with Gasteiger partial charge in [0.25, 0.3) is 0 Å². The van der Waals surface area contributed by atoms with Crippen molar-refractivity contribution >= 4 is 23.4 Å². The second-order valence-corrected chi connectivity index (χ2v) is 7.52. The van der Waals surface area contributed by atoms with E-state index < -0.39 is 0 Å². The van der Waals surface area contributed by atoms with Gasteiger partial charge in [0.05, 0.1) is 16.9 Å². The van der Waals surface area contributed by atoms with Crippen molar-refractivity contribution in [3.8, 4) is 28.3 Å². The first-order chi connectivity index (χ1) is 13.6. The third kappa shape index (κ3) is 3.35. The predicted octanol–water partition coefficient (Wildman–Crippen LogP) is 5.43. The van der Waals surface area contributed by atoms with E-state index in [1.54, 1.807) is 12.1 Å². The summed E-state index contributed by atoms with van der Waals surface area (Å²) in [6.45, 7) is 0. The Morgan fingerprint density at radius 2 is 1.41 bits per heavy atom. The molecular weight excluding hydrogens is 382 g/mol. The van der Waals surface area contributed by atoms with Crippen molar-refractivity contribution in [1.82, 2.24) is 9.97 Å². The largest absolute Gasteiger partial charge is 0.506 e. The van der Waals surface area contributed by atoms with E-state index in [1.807, 2.05) is 36.4 Å². The summed E-state index contributed by atoms with van der Waals surface area (Å²) in [4.78, 5) is 9.64. The number of phenols is 1. The molecule has 5 rings (SSSR count). The van der Waals surface area contributed by atoms with E-state index in [2.05, 4.69) is 24.3 Å². The summed E-state index contributed by atoms with van der Waals surface area (Å²) < 4.78 is 0. The second kappa shape index (κ2) is 7.47. The van der Waals surface area contributed by atoms with Gasteiger partial charge < -0.3 is 10.8 Å². The number of nitrogens with zero attached hydrogens (tertiary/aromatic N) is 2. The maximum Gasteiger partial charge on any atom is 0.143 e. The van der Waals surface area contributed by atoms with Crippen molar-refractivity contribution in [2.45, 2.75) is 24.8 Å². The number of aromatic hydroxyl groups is 1. The first-order valence-electron chi connectivity index (χ1n) is 9.59. The number of fused-ring (bicyclic) bond motifs is 1. The van der Waals surface area contributed by atoms with Crippen LogP contribution in [0.25, 0.3) is 33.5 Å². The van der Waals surface area contributed by atoms with Gasteiger partial charge in [-0.3, -0.25) is 0 Å². The summed E-state index contributed by atoms with van der Waals surface area (Å²) in [5.41, 5.74) is 12.2. The van der Waals surface area contributed by atoms with Crippen molar-refractivity contribution in [3.05, 3.63) is 78.4 Å². The van der Waals surface area contributed by atoms with Crippen LogP contribution in [0, 0.1) is 0 Å². The molecule has 1 saturated carbocycles. The summed E-state index contributed by atoms with van der Waals surface area (Å²) in [6.07, 6.45) is 3.27. The van der Waals surface area contributed by atoms with Crippen LogP contribution in [-0.2, 0) is 5.54 Å². The third-order valence-corrected chi connectivity index (χ3v) is 5.70. The summed E-state index contributed by atoms with van der Waals surface area (Å²) in [5, 5.41) is 10.2. The molecule has 1 fully saturated rings. The Bertz CT molecular complexity index is 1160. The smallest absolute Gasteiger partial charge is 0.143 e. The molecule has 5 heteroatoms. The van der Waals surface area contributed by atoms with Gasteiger partial charge in [-0.15, -0.1) is 12.4 Å². The van der Waals surface area contributed by atoms with Gasteiger partial charge in [0, 0.05) is 16.7 Å². The molecule has 1 aliphatic carbocycles. The standard InChI is InChI=1S/C24H21N3O.ClH/c25-24(14-5-15-24)18-12-10-17(11-13-18)21-22(16-6-2-1-3-7-16)27-23-19(26-21)8-4-9-20(23)28;/h1-4,6-13,28H,5,14-15,25H2;1H. The van der Waals surface area contributed by atoms with Crippen molar-refractivity contribution in [2.24, 2.45) is 5.73 Å². The van der Waals surface area contributed by atoms with Crippen molar-refractivity contribution in [3.63, 3.8) is 0 Å². The number of benzene rings is 3. The molecule has 4 aromatic rings. The number of para-hydroxylation sites is 1. The molecule has 0 amide bonds. The second-order valence-electron chi connectivity index (χ2n) is 7.52. The average molecular weight is 404 g/mol. The molecule has 1 heterocycles. The number of nitrogens with two attached hydrogens (primary N) is 1. The molecular formula is C24H22ClN3O. The minimum atomic E-state index is -0.179. The van der Waals surface area contributed by atoms with Gasteiger partial charge >= 0.3 is 0 Å². The van der Waals surface area contributed by atoms with Crippen LogP contribution < -0.4 is 5.73 Å². The van der Waals surface area contributed by atoms with Crippen LogP contribution in [-0.4, -0.2) is 15.1 Å². The summed E-state index contributed by atoms with van der Waals surface area (Å²) in [6, 6.07) is 23.6. The van der Waals surface area contributed by atoms with E-state index in [0.29, 0.717) is 11.0 Å². The summed E-state index contributed by atoms with van der Waals surface area (Å²) in [5.74, 6) is 0.138. The first kappa shape index (κ1) is 19.4. The summed E-state index contributed by atoms with van der Waals surface area (Å²) >= 11 is 0. The fourth-order valence-corrected chi connectivity index (χ4v) is 3.87. The van der Waals surface area contributed by atoms with Crippen LogP contribution in [0.2, 0.25) is 0 Å². The van der Waals surface area contributed by atoms with E-state index >= 15 is 0 Å². The van der Waals surface area contributed by atoms with Crippen LogP contribution in [0.5, 0.6) is 5.75 Å². The van der Waals surface area contributed by atoms with Gasteiger partial charge in [-0.2, -0.15) is 0 Å². The molecule has 0 spiro atoms. The maximum absolute atomic E-state index is 10.2. The Kier molecular flexibility index (Phi) is 4.99. The number of hydrogen-bond donors (Lipinski definition) is 2. The molecule has 0 radical (unpaired) electrons. The normalized spacial score (nSPS) is 14.8. The molecule has 1 aromatic heterocycles. The zero-order valence-corrected chi connectivity index (χ0v) is 16.7. The maximum atomic E-state index is 10.2. The molecule has 29 heavy (non-hydrogen) atoms. The highest BCUT2D eigenvalue weighted by Crippen LogP contribution is 2.40. The van der Waals surface area contributed by atoms with Gasteiger partial charge in [0.15, 0.2) is 0 Å². The monoisotopic (exact) mass is 403 g/mol. The van der Waals surface area contributed by atoms with Gasteiger partial charge in [-0.25, -0.2) is 9.97 Å². The van der Waals surface area contributed by atoms with Gasteiger partial charge in [-0.05, 0) is 37.0 Å². The Labute approximate surface area is 175 Å². The molecule has 4 nitrogen and oxygen atoms in total. The lowest BCUT2D eigenvalue weighted by molar-refractivity contribution is 0.253. The lowest BCUT2D eigenvalue weighted by Gasteiger charge is -2.38. The average Bonchev–Trinajstić information content (AvgIpc) is 2.72. The zero-order chi connectivity index (χ0) is 19.1. The quantitative estimate of drug-likeness (QED) is 0.478. The SMILES string of the molecule is Cl.NC1(c2ccc(-c3nc4cccc(O)c4nc3-c3ccccc3)cc2)CCC1. The van der Waals surface area contributed by atoms with Crippen molar-refractivity contribution in [1.29, 1.82) is 0 Å². The van der Waals surface area contributed by atoms with Gasteiger partial charge in [0.2, 0.25) is 0 Å². The number of halogens is 1. The minimum absolute atomic E-state index is 0. The topological polar surface area (TPSA) is 72.0 Å². The number of rotatable bonds is 3. The zero-order valence-electron chi connectivity index (χ0n) is 15.9. The van der Waals surface area contributed by atoms with Crippen LogP contribution in [0.4, 0.5) is 0 Å². The molecule has 3 N–H and O–H groups in total. The Morgan fingerprint density at radius 1 is 0.759 bits per heavy atom. The minimum Gasteiger partial charge on any atom is -0.506 e. The molecule has 1 aliphatic rings. The summed E-state index contributed by atoms with van der Waals surface area (Å²) in [7, 11) is 0. The van der Waals surface area contributed by atoms with E-state index in [-0.39, 0.29) is 23.7 Å². The predicted molar refractivity (Wildman–Crippen MR) is 119 cm³/mol. The molecule has 0 atom stereocenters. The van der Waals surface area contributed by atoms with E-state index in [0.717, 1.165) is 35.4 Å². The van der Waals surface area contributed by atoms with Crippen LogP contribution in [0.3, 0.4) is 0 Å². The third-order valence-electron chi connectivity index (χ3n) is 5.70. The van der Waals surface area contributed by atoms with Gasteiger partial charge in [-0.1, -0.05) is 60.7 Å². The number of aromatic nitrogens is 2. The lowest BCUT2D eigenvalue weighted by atomic mass is 9.72. The van der Waals surface area contributed by atoms with Crippen LogP contribution in [0.1, 0.15) is 24.8 Å². The highest BCUT2D eigenvalue weighted by atomic mass is 35.5. The van der Waals surface area contributed by atoms with E-state index in [9.17, 15) is 5.11 Å². The lowest BCUT2D eigenvalue weighted by Crippen LogP contribution is -2.43. The highest BCUT2D eigenvalue weighted by Gasteiger charge is 2.34. The van der Waals surface area contributed by atoms with Crippen LogP contribution >= 0.6 is 12.4 Å². The van der Waals surface area contributed by atoms with Crippen molar-refractivity contribution < 1.29 is 5.11 Å². The molecule has 146 valence electrons. The van der Waals surface area contributed by atoms with Crippen molar-refractivity contribution in [2.75, 3.05) is 0 Å². The molecule has 0 aliphatic heterocycles. The fraction of sp³-hybridized carbons (Fsp3) is 0.167. The molecule has 3 aromatic carbocycles. The highest BCUT2D eigenvalue weighted by molar-refractivity contribution is 5.89. The molecule has 0 unspecified atom stereocenters. The van der Waals surface area contributed by atoms with Gasteiger partial charge in [0.1, 0.15) is 11.3 Å². The Balaban J connectivity index is 0.00000205. The molecule has 0 saturated heterocycles. The number of phenolic OH excluding ortho intramolecular Hbond substituents is 1. The number of hydrogen-bond acceptors (Lipinski definition) is 4. The Hall–Kier alpha value is -2.95. The Morgan fingerprint density at radius 3 is 2.07 bits per heavy atom. The van der Waals surface area contributed by atoms with E-state index in [4.69, 9.17) is 15.7 Å². The molecule has 0 bridgehead atoms. The van der Waals surface area contributed by atoms with Crippen LogP contribution in [0.15, 0.2) is 72.8 Å².